The Hall–Kier alpha value is -3.05. The number of rotatable bonds is 7. The fourth-order valence-corrected chi connectivity index (χ4v) is 4.51. The molecule has 0 atom stereocenters. The van der Waals surface area contributed by atoms with Gasteiger partial charge in [-0.15, -0.1) is 0 Å². The molecule has 0 saturated carbocycles. The predicted octanol–water partition coefficient (Wildman–Crippen LogP) is 2.37. The quantitative estimate of drug-likeness (QED) is 0.439. The number of hydrogen-bond donors (Lipinski definition) is 0. The van der Waals surface area contributed by atoms with Crippen LogP contribution in [0.2, 0.25) is 5.02 Å². The fourth-order valence-electron chi connectivity index (χ4n) is 3.48. The Kier molecular flexibility index (Phi) is 7.09. The van der Waals surface area contributed by atoms with Crippen molar-refractivity contribution in [1.82, 2.24) is 4.90 Å². The minimum absolute atomic E-state index is 0.0601. The van der Waals surface area contributed by atoms with Crippen LogP contribution in [-0.4, -0.2) is 70.2 Å². The van der Waals surface area contributed by atoms with E-state index in [0.717, 1.165) is 22.3 Å². The highest BCUT2D eigenvalue weighted by atomic mass is 35.5. The summed E-state index contributed by atoms with van der Waals surface area (Å²) in [7, 11) is -2.61. The van der Waals surface area contributed by atoms with Crippen LogP contribution in [0.3, 0.4) is 0 Å². The zero-order valence-corrected chi connectivity index (χ0v) is 19.2. The van der Waals surface area contributed by atoms with Gasteiger partial charge in [-0.2, -0.15) is 0 Å². The monoisotopic (exact) mass is 482 g/mol. The molecule has 32 heavy (non-hydrogen) atoms. The van der Waals surface area contributed by atoms with E-state index in [-0.39, 0.29) is 17.1 Å². The van der Waals surface area contributed by atoms with Crippen LogP contribution < -0.4 is 13.9 Å². The first-order valence-electron chi connectivity index (χ1n) is 9.68. The number of carbonyl (C=O) groups is 1. The molecule has 0 unspecified atom stereocenters. The van der Waals surface area contributed by atoms with E-state index in [4.69, 9.17) is 16.3 Å². The number of amides is 1. The molecule has 3 rings (SSSR count). The van der Waals surface area contributed by atoms with Crippen molar-refractivity contribution >= 4 is 44.6 Å². The molecule has 1 amide bonds. The number of nitro benzene ring substituents is 1. The van der Waals surface area contributed by atoms with Crippen molar-refractivity contribution in [1.29, 1.82) is 0 Å². The Morgan fingerprint density at radius 3 is 2.44 bits per heavy atom. The molecule has 2 aromatic rings. The second-order valence-electron chi connectivity index (χ2n) is 7.23. The van der Waals surface area contributed by atoms with Crippen LogP contribution in [0.4, 0.5) is 17.1 Å². The van der Waals surface area contributed by atoms with Gasteiger partial charge in [0.1, 0.15) is 18.0 Å². The lowest BCUT2D eigenvalue weighted by Crippen LogP contribution is -2.52. The van der Waals surface area contributed by atoms with Gasteiger partial charge in [0.15, 0.2) is 0 Å². The van der Waals surface area contributed by atoms with Gasteiger partial charge in [0.25, 0.3) is 5.69 Å². The summed E-state index contributed by atoms with van der Waals surface area (Å²) < 4.78 is 31.0. The van der Waals surface area contributed by atoms with Crippen molar-refractivity contribution in [2.75, 3.05) is 55.3 Å². The summed E-state index contributed by atoms with van der Waals surface area (Å²) in [5, 5.41) is 11.8. The first kappa shape index (κ1) is 23.6. The SMILES string of the molecule is COc1ccc([N+](=O)[O-])cc1N(CC(=O)N1CCN(c2cccc(Cl)c2)CC1)S(C)(=O)=O. The normalized spacial score (nSPS) is 14.2. The van der Waals surface area contributed by atoms with Gasteiger partial charge in [-0.1, -0.05) is 17.7 Å². The maximum Gasteiger partial charge on any atom is 0.271 e. The Morgan fingerprint density at radius 1 is 1.19 bits per heavy atom. The van der Waals surface area contributed by atoms with E-state index in [0.29, 0.717) is 31.2 Å². The molecule has 0 aliphatic carbocycles. The molecule has 10 nitrogen and oxygen atoms in total. The van der Waals surface area contributed by atoms with E-state index in [2.05, 4.69) is 4.90 Å². The number of methoxy groups -OCH3 is 1. The minimum atomic E-state index is -3.93. The smallest absolute Gasteiger partial charge is 0.271 e. The van der Waals surface area contributed by atoms with Gasteiger partial charge < -0.3 is 14.5 Å². The van der Waals surface area contributed by atoms with Crippen molar-refractivity contribution in [3.05, 3.63) is 57.6 Å². The van der Waals surface area contributed by atoms with Crippen LogP contribution in [0.25, 0.3) is 0 Å². The molecular weight excluding hydrogens is 460 g/mol. The van der Waals surface area contributed by atoms with E-state index in [1.807, 2.05) is 18.2 Å². The van der Waals surface area contributed by atoms with E-state index in [9.17, 15) is 23.3 Å². The first-order chi connectivity index (χ1) is 15.1. The van der Waals surface area contributed by atoms with Gasteiger partial charge in [0.2, 0.25) is 15.9 Å². The van der Waals surface area contributed by atoms with Crippen LogP contribution in [0.15, 0.2) is 42.5 Å². The van der Waals surface area contributed by atoms with Gasteiger partial charge in [-0.3, -0.25) is 19.2 Å². The number of ether oxygens (including phenoxy) is 1. The number of anilines is 2. The van der Waals surface area contributed by atoms with Crippen molar-refractivity contribution < 1.29 is 22.9 Å². The Bertz CT molecular complexity index is 1120. The first-order valence-corrected chi connectivity index (χ1v) is 11.9. The van der Waals surface area contributed by atoms with Crippen molar-refractivity contribution in [2.45, 2.75) is 0 Å². The molecule has 172 valence electrons. The third kappa shape index (κ3) is 5.40. The highest BCUT2D eigenvalue weighted by Gasteiger charge is 2.29. The summed E-state index contributed by atoms with van der Waals surface area (Å²) in [5.74, 6) is -0.297. The maximum atomic E-state index is 12.9. The third-order valence-electron chi connectivity index (χ3n) is 5.13. The average Bonchev–Trinajstić information content (AvgIpc) is 2.76. The number of nitro groups is 1. The van der Waals surface area contributed by atoms with Crippen LogP contribution in [0.1, 0.15) is 0 Å². The molecule has 0 N–H and O–H groups in total. The largest absolute Gasteiger partial charge is 0.495 e. The van der Waals surface area contributed by atoms with Crippen molar-refractivity contribution in [2.24, 2.45) is 0 Å². The van der Waals surface area contributed by atoms with Crippen LogP contribution in [-0.2, 0) is 14.8 Å². The van der Waals surface area contributed by atoms with Gasteiger partial charge in [0, 0.05) is 49.0 Å². The summed E-state index contributed by atoms with van der Waals surface area (Å²) in [6, 6.07) is 11.0. The van der Waals surface area contributed by atoms with Gasteiger partial charge in [0.05, 0.1) is 18.3 Å². The van der Waals surface area contributed by atoms with E-state index in [1.54, 1.807) is 11.0 Å². The molecule has 1 aliphatic heterocycles. The molecule has 0 bridgehead atoms. The summed E-state index contributed by atoms with van der Waals surface area (Å²) in [6.45, 7) is 1.42. The highest BCUT2D eigenvalue weighted by Crippen LogP contribution is 2.33. The molecular formula is C20H23ClN4O6S. The second kappa shape index (κ2) is 9.61. The van der Waals surface area contributed by atoms with Gasteiger partial charge >= 0.3 is 0 Å². The van der Waals surface area contributed by atoms with Crippen LogP contribution in [0.5, 0.6) is 5.75 Å². The summed E-state index contributed by atoms with van der Waals surface area (Å²) in [4.78, 5) is 27.1. The zero-order chi connectivity index (χ0) is 23.5. The molecule has 0 spiro atoms. The standard InChI is InChI=1S/C20H23ClN4O6S/c1-31-19-7-6-17(25(27)28)13-18(19)24(32(2,29)30)14-20(26)23-10-8-22(9-11-23)16-5-3-4-15(21)12-16/h3-7,12-13H,8-11,14H2,1-2H3. The van der Waals surface area contributed by atoms with Gasteiger partial charge in [-0.25, -0.2) is 8.42 Å². The molecule has 12 heteroatoms. The second-order valence-corrected chi connectivity index (χ2v) is 9.57. The summed E-state index contributed by atoms with van der Waals surface area (Å²) >= 11 is 6.05. The van der Waals surface area contributed by atoms with Crippen LogP contribution >= 0.6 is 11.6 Å². The number of non-ortho nitro benzene ring substituents is 1. The number of hydrogen-bond acceptors (Lipinski definition) is 7. The van der Waals surface area contributed by atoms with E-state index >= 15 is 0 Å². The summed E-state index contributed by atoms with van der Waals surface area (Å²) in [6.07, 6.45) is 0.940. The topological polar surface area (TPSA) is 113 Å². The van der Waals surface area contributed by atoms with E-state index < -0.39 is 27.4 Å². The zero-order valence-electron chi connectivity index (χ0n) is 17.6. The number of sulfonamides is 1. The van der Waals surface area contributed by atoms with Crippen molar-refractivity contribution in [3.63, 3.8) is 0 Å². The molecule has 1 saturated heterocycles. The molecule has 1 aliphatic rings. The number of piperazine rings is 1. The molecule has 2 aromatic carbocycles. The minimum Gasteiger partial charge on any atom is -0.495 e. The maximum absolute atomic E-state index is 12.9. The fraction of sp³-hybridized carbons (Fsp3) is 0.350. The highest BCUT2D eigenvalue weighted by molar-refractivity contribution is 7.92. The molecule has 1 heterocycles. The van der Waals surface area contributed by atoms with E-state index in [1.165, 1.54) is 19.2 Å². The lowest BCUT2D eigenvalue weighted by molar-refractivity contribution is -0.384. The molecule has 1 fully saturated rings. The third-order valence-corrected chi connectivity index (χ3v) is 6.49. The molecule has 0 radical (unpaired) electrons. The Labute approximate surface area is 191 Å². The molecule has 0 aromatic heterocycles. The number of halogens is 1. The number of carbonyl (C=O) groups excluding carboxylic acids is 1. The van der Waals surface area contributed by atoms with Crippen LogP contribution in [0, 0.1) is 10.1 Å². The van der Waals surface area contributed by atoms with Crippen molar-refractivity contribution in [3.8, 4) is 5.75 Å². The Balaban J connectivity index is 1.77. The number of nitrogens with zero attached hydrogens (tertiary/aromatic N) is 4. The van der Waals surface area contributed by atoms with Gasteiger partial charge in [-0.05, 0) is 24.3 Å². The summed E-state index contributed by atoms with van der Waals surface area (Å²) in [5.41, 5.74) is 0.579. The Morgan fingerprint density at radius 2 is 1.88 bits per heavy atom. The average molecular weight is 483 g/mol. The number of benzene rings is 2. The lowest BCUT2D eigenvalue weighted by atomic mass is 10.2. The lowest BCUT2D eigenvalue weighted by Gasteiger charge is -2.37. The predicted molar refractivity (Wildman–Crippen MR) is 122 cm³/mol.